The third-order valence-electron chi connectivity index (χ3n) is 7.53. The molecule has 0 amide bonds. The molecule has 0 bridgehead atoms. The average Bonchev–Trinajstić information content (AvgIpc) is 3.17. The molecule has 0 atom stereocenters. The molecule has 0 N–H and O–H groups in total. The third kappa shape index (κ3) is 13.8. The highest BCUT2D eigenvalue weighted by Gasteiger charge is 2.13. The minimum Gasteiger partial charge on any atom is -0.494 e. The van der Waals surface area contributed by atoms with Crippen LogP contribution in [0.25, 0.3) is 12.2 Å². The zero-order valence-corrected chi connectivity index (χ0v) is 30.7. The summed E-state index contributed by atoms with van der Waals surface area (Å²) in [4.78, 5) is 34.9. The first-order valence-electron chi connectivity index (χ1n) is 16.8. The predicted molar refractivity (Wildman–Crippen MR) is 197 cm³/mol. The molecule has 0 aliphatic carbocycles. The van der Waals surface area contributed by atoms with E-state index >= 15 is 0 Å². The van der Waals surface area contributed by atoms with Crippen LogP contribution in [0.15, 0.2) is 78.4 Å². The van der Waals surface area contributed by atoms with E-state index in [4.69, 9.17) is 28.4 Å². The van der Waals surface area contributed by atoms with Gasteiger partial charge < -0.3 is 37.9 Å². The van der Waals surface area contributed by atoms with Gasteiger partial charge in [-0.25, -0.2) is 14.4 Å². The van der Waals surface area contributed by atoms with E-state index in [1.54, 1.807) is 49.4 Å². The van der Waals surface area contributed by atoms with Gasteiger partial charge >= 0.3 is 17.9 Å². The van der Waals surface area contributed by atoms with Crippen LogP contribution in [0.3, 0.4) is 0 Å². The second-order valence-corrected chi connectivity index (χ2v) is 11.6. The Kier molecular flexibility index (Phi) is 17.0. The third-order valence-corrected chi connectivity index (χ3v) is 7.53. The van der Waals surface area contributed by atoms with Crippen molar-refractivity contribution in [2.75, 3.05) is 41.7 Å². The highest BCUT2D eigenvalue weighted by molar-refractivity contribution is 5.97. The zero-order chi connectivity index (χ0) is 38.6. The summed E-state index contributed by atoms with van der Waals surface area (Å²) in [7, 11) is 5.55. The fraction of sp³-hybridized carbons (Fsp3) is 0.317. The molecule has 0 saturated carbocycles. The Morgan fingerprint density at radius 2 is 1.28 bits per heavy atom. The van der Waals surface area contributed by atoms with Crippen LogP contribution in [0.5, 0.6) is 28.7 Å². The van der Waals surface area contributed by atoms with Crippen molar-refractivity contribution >= 4 is 30.1 Å². The van der Waals surface area contributed by atoms with Crippen LogP contribution in [0, 0.1) is 11.3 Å². The van der Waals surface area contributed by atoms with Crippen LogP contribution in [-0.4, -0.2) is 59.6 Å². The number of methoxy groups -OCH3 is 4. The molecule has 0 radical (unpaired) electrons. The lowest BCUT2D eigenvalue weighted by Gasteiger charge is -2.15. The van der Waals surface area contributed by atoms with Crippen molar-refractivity contribution in [2.24, 2.45) is 0 Å². The number of hydrogen-bond donors (Lipinski definition) is 0. The predicted octanol–water partition coefficient (Wildman–Crippen LogP) is 7.19. The number of hydrogen-bond acceptors (Lipinski definition) is 12. The maximum absolute atomic E-state index is 11.9. The molecule has 0 aromatic heterocycles. The lowest BCUT2D eigenvalue weighted by molar-refractivity contribution is -0.139. The van der Waals surface area contributed by atoms with Crippen LogP contribution in [0.2, 0.25) is 0 Å². The van der Waals surface area contributed by atoms with Gasteiger partial charge in [0.2, 0.25) is 0 Å². The first-order valence-corrected chi connectivity index (χ1v) is 16.8. The second kappa shape index (κ2) is 21.9. The summed E-state index contributed by atoms with van der Waals surface area (Å²) in [6.45, 7) is 6.39. The number of esters is 3. The molecule has 3 aromatic carbocycles. The summed E-state index contributed by atoms with van der Waals surface area (Å²) in [5.41, 5.74) is 3.14. The molecule has 0 aliphatic heterocycles. The van der Waals surface area contributed by atoms with Crippen molar-refractivity contribution in [3.05, 3.63) is 101 Å². The van der Waals surface area contributed by atoms with Gasteiger partial charge in [0.1, 0.15) is 30.6 Å². The molecular weight excluding hydrogens is 682 g/mol. The van der Waals surface area contributed by atoms with Gasteiger partial charge in [0, 0.05) is 11.6 Å². The minimum atomic E-state index is -0.737. The lowest BCUT2D eigenvalue weighted by Crippen LogP contribution is -2.06. The molecule has 0 saturated heterocycles. The standard InChI is InChI=1S/C41H45NO11/c1-28(2)40(44)51-18-10-8-7-9-17-50-34-21-31(26-52-35-14-11-29(23-37(35)46-3)13-16-39(43)48-5)19-32(22-34)27-53-36-15-12-30(24-38(36)47-4)20-33(25-42)41(45)49-6/h11-16,19-24H,1,7-10,17-18,26-27H2,2-6H3/b16-13+,33-20+. The van der Waals surface area contributed by atoms with E-state index in [1.165, 1.54) is 40.6 Å². The van der Waals surface area contributed by atoms with Crippen molar-refractivity contribution in [2.45, 2.75) is 45.8 Å². The number of nitriles is 1. The molecule has 0 spiro atoms. The number of ether oxygens (including phenoxy) is 8. The van der Waals surface area contributed by atoms with Crippen LogP contribution < -0.4 is 23.7 Å². The monoisotopic (exact) mass is 727 g/mol. The zero-order valence-electron chi connectivity index (χ0n) is 30.7. The van der Waals surface area contributed by atoms with Gasteiger partial charge in [0.05, 0.1) is 41.7 Å². The summed E-state index contributed by atoms with van der Waals surface area (Å²) < 4.78 is 44.0. The van der Waals surface area contributed by atoms with Crippen LogP contribution in [0.1, 0.15) is 54.9 Å². The fourth-order valence-electron chi connectivity index (χ4n) is 4.78. The molecule has 3 aromatic rings. The Balaban J connectivity index is 1.75. The van der Waals surface area contributed by atoms with Crippen molar-refractivity contribution in [1.29, 1.82) is 5.26 Å². The van der Waals surface area contributed by atoms with E-state index in [0.717, 1.165) is 42.4 Å². The first-order chi connectivity index (χ1) is 25.6. The van der Waals surface area contributed by atoms with Crippen molar-refractivity contribution in [1.82, 2.24) is 0 Å². The fourth-order valence-corrected chi connectivity index (χ4v) is 4.78. The smallest absolute Gasteiger partial charge is 0.348 e. The van der Waals surface area contributed by atoms with Gasteiger partial charge in [-0.2, -0.15) is 5.26 Å². The van der Waals surface area contributed by atoms with Crippen LogP contribution >= 0.6 is 0 Å². The van der Waals surface area contributed by atoms with Crippen molar-refractivity contribution < 1.29 is 52.3 Å². The van der Waals surface area contributed by atoms with Crippen LogP contribution in [0.4, 0.5) is 0 Å². The van der Waals surface area contributed by atoms with E-state index in [0.29, 0.717) is 53.1 Å². The molecule has 280 valence electrons. The summed E-state index contributed by atoms with van der Waals surface area (Å²) in [5, 5.41) is 9.32. The maximum atomic E-state index is 11.9. The lowest BCUT2D eigenvalue weighted by atomic mass is 10.1. The summed E-state index contributed by atoms with van der Waals surface area (Å²) in [5.74, 6) is 0.900. The van der Waals surface area contributed by atoms with Crippen molar-refractivity contribution in [3.8, 4) is 34.8 Å². The van der Waals surface area contributed by atoms with Gasteiger partial charge in [-0.3, -0.25) is 0 Å². The van der Waals surface area contributed by atoms with E-state index in [9.17, 15) is 19.6 Å². The highest BCUT2D eigenvalue weighted by Crippen LogP contribution is 2.32. The summed E-state index contributed by atoms with van der Waals surface area (Å²) >= 11 is 0. The molecule has 53 heavy (non-hydrogen) atoms. The normalized spacial score (nSPS) is 10.9. The number of carbonyl (C=O) groups is 3. The second-order valence-electron chi connectivity index (χ2n) is 11.6. The number of rotatable bonds is 21. The highest BCUT2D eigenvalue weighted by atomic mass is 16.5. The van der Waals surface area contributed by atoms with E-state index < -0.39 is 11.9 Å². The topological polar surface area (TPSA) is 149 Å². The van der Waals surface area contributed by atoms with Gasteiger partial charge in [0.25, 0.3) is 0 Å². The van der Waals surface area contributed by atoms with E-state index in [2.05, 4.69) is 16.1 Å². The quantitative estimate of drug-likeness (QED) is 0.0360. The summed E-state index contributed by atoms with van der Waals surface area (Å²) in [6, 6.07) is 17.9. The Morgan fingerprint density at radius 1 is 0.698 bits per heavy atom. The molecule has 0 aliphatic rings. The largest absolute Gasteiger partial charge is 0.494 e. The number of unbranched alkanes of at least 4 members (excludes halogenated alkanes) is 3. The maximum Gasteiger partial charge on any atom is 0.348 e. The van der Waals surface area contributed by atoms with Gasteiger partial charge in [-0.1, -0.05) is 18.7 Å². The first kappa shape index (κ1) is 41.2. The molecule has 12 nitrogen and oxygen atoms in total. The minimum absolute atomic E-state index is 0.150. The van der Waals surface area contributed by atoms with Crippen molar-refractivity contribution in [3.63, 3.8) is 0 Å². The summed E-state index contributed by atoms with van der Waals surface area (Å²) in [6.07, 6.45) is 7.69. The number of carbonyl (C=O) groups excluding carboxylic acids is 3. The van der Waals surface area contributed by atoms with Gasteiger partial charge in [0.15, 0.2) is 23.0 Å². The molecule has 0 heterocycles. The van der Waals surface area contributed by atoms with Gasteiger partial charge in [-0.15, -0.1) is 0 Å². The molecule has 0 fully saturated rings. The molecular formula is C41H45NO11. The molecule has 12 heteroatoms. The number of benzene rings is 3. The Bertz CT molecular complexity index is 1840. The van der Waals surface area contributed by atoms with E-state index in [-0.39, 0.29) is 24.8 Å². The molecule has 3 rings (SSSR count). The Hall–Kier alpha value is -6.22. The average molecular weight is 728 g/mol. The number of nitrogens with zero attached hydrogens (tertiary/aromatic N) is 1. The van der Waals surface area contributed by atoms with Gasteiger partial charge in [-0.05, 0) is 109 Å². The Morgan fingerprint density at radius 3 is 1.83 bits per heavy atom. The molecule has 0 unspecified atom stereocenters. The SMILES string of the molecule is C=C(C)C(=O)OCCCCCCOc1cc(COc2ccc(/C=C/C(=O)OC)cc2OC)cc(COc2ccc(/C=C(\C#N)C(=O)OC)cc2OC)c1. The van der Waals surface area contributed by atoms with Crippen LogP contribution in [-0.2, 0) is 41.8 Å². The van der Waals surface area contributed by atoms with E-state index in [1.807, 2.05) is 24.3 Å². The Labute approximate surface area is 310 Å².